The van der Waals surface area contributed by atoms with E-state index >= 15 is 0 Å². The highest BCUT2D eigenvalue weighted by molar-refractivity contribution is 6.33. The fourth-order valence-electron chi connectivity index (χ4n) is 4.86. The molecule has 0 aliphatic carbocycles. The molecule has 0 radical (unpaired) electrons. The molecule has 0 spiro atoms. The lowest BCUT2D eigenvalue weighted by Crippen LogP contribution is -2.55. The summed E-state index contributed by atoms with van der Waals surface area (Å²) in [6, 6.07) is 25.5. The van der Waals surface area contributed by atoms with Gasteiger partial charge in [-0.25, -0.2) is 4.99 Å². The molecule has 2 aliphatic rings. The Morgan fingerprint density at radius 3 is 2.38 bits per heavy atom. The van der Waals surface area contributed by atoms with Crippen molar-refractivity contribution in [2.45, 2.75) is 39.1 Å². The summed E-state index contributed by atoms with van der Waals surface area (Å²) in [5.41, 5.74) is 4.24. The van der Waals surface area contributed by atoms with Crippen molar-refractivity contribution in [3.05, 3.63) is 106 Å². The lowest BCUT2D eigenvalue weighted by Gasteiger charge is -2.42. The van der Waals surface area contributed by atoms with E-state index in [2.05, 4.69) is 4.99 Å². The quantitative estimate of drug-likeness (QED) is 0.466. The van der Waals surface area contributed by atoms with Crippen LogP contribution in [-0.4, -0.2) is 52.0 Å². The van der Waals surface area contributed by atoms with Crippen molar-refractivity contribution in [2.75, 3.05) is 13.1 Å². The summed E-state index contributed by atoms with van der Waals surface area (Å²) in [6.45, 7) is 5.35. The van der Waals surface area contributed by atoms with Crippen LogP contribution < -0.4 is 0 Å². The molecular weight excluding hydrogens is 486 g/mol. The Kier molecular flexibility index (Phi) is 7.31. The predicted molar refractivity (Wildman–Crippen MR) is 146 cm³/mol. The van der Waals surface area contributed by atoms with Crippen LogP contribution in [-0.2, 0) is 22.6 Å². The molecule has 1 amide bonds. The number of amides is 1. The summed E-state index contributed by atoms with van der Waals surface area (Å²) in [4.78, 5) is 22.0. The summed E-state index contributed by atoms with van der Waals surface area (Å²) in [5.74, 6) is 0.670. The monoisotopic (exact) mass is 515 g/mol. The van der Waals surface area contributed by atoms with E-state index in [1.165, 1.54) is 0 Å². The Morgan fingerprint density at radius 1 is 0.973 bits per heavy atom. The highest BCUT2D eigenvalue weighted by Gasteiger charge is 2.41. The van der Waals surface area contributed by atoms with Gasteiger partial charge in [0.2, 0.25) is 6.23 Å². The maximum Gasteiger partial charge on any atom is 0.274 e. The van der Waals surface area contributed by atoms with Crippen molar-refractivity contribution < 1.29 is 14.6 Å². The lowest BCUT2D eigenvalue weighted by atomic mass is 9.96. The third-order valence-corrected chi connectivity index (χ3v) is 7.07. The molecule has 3 aromatic carbocycles. The molecule has 0 bridgehead atoms. The number of amidine groups is 1. The third-order valence-electron chi connectivity index (χ3n) is 6.74. The van der Waals surface area contributed by atoms with Crippen LogP contribution in [0.15, 0.2) is 95.3 Å². The maximum absolute atomic E-state index is 13.7. The molecule has 0 aromatic heterocycles. The Morgan fingerprint density at radius 2 is 1.65 bits per heavy atom. The van der Waals surface area contributed by atoms with Crippen molar-refractivity contribution in [3.8, 4) is 11.1 Å². The van der Waals surface area contributed by atoms with Crippen LogP contribution >= 0.6 is 11.6 Å². The molecule has 1 saturated heterocycles. The van der Waals surface area contributed by atoms with Crippen LogP contribution in [0.3, 0.4) is 0 Å². The standard InChI is InChI=1S/C30H30ClN3O3/c1-20(2)33-16-17-34-26(18-22-12-6-7-13-23(22)24-14-8-9-15-25(24)31)32-29(35)28(27(34)30(33)36)37-19-21-10-4-3-5-11-21/h3-15,20,29,35H,16-19H2,1-2H3. The highest BCUT2D eigenvalue weighted by Crippen LogP contribution is 2.33. The molecule has 2 aliphatic heterocycles. The number of carbonyl (C=O) groups is 1. The average molecular weight is 516 g/mol. The summed E-state index contributed by atoms with van der Waals surface area (Å²) in [6.07, 6.45) is -0.836. The number of fused-ring (bicyclic) bond motifs is 1. The molecule has 7 heteroatoms. The normalized spacial score (nSPS) is 17.7. The van der Waals surface area contributed by atoms with E-state index in [4.69, 9.17) is 16.3 Å². The molecule has 6 nitrogen and oxygen atoms in total. The van der Waals surface area contributed by atoms with Crippen LogP contribution in [0.25, 0.3) is 11.1 Å². The second-order valence-electron chi connectivity index (χ2n) is 9.46. The van der Waals surface area contributed by atoms with Gasteiger partial charge in [0.15, 0.2) is 11.5 Å². The van der Waals surface area contributed by atoms with Crippen molar-refractivity contribution in [1.82, 2.24) is 9.80 Å². The Balaban J connectivity index is 1.50. The summed E-state index contributed by atoms with van der Waals surface area (Å²) in [7, 11) is 0. The highest BCUT2D eigenvalue weighted by atomic mass is 35.5. The number of halogens is 1. The van der Waals surface area contributed by atoms with E-state index in [9.17, 15) is 9.90 Å². The van der Waals surface area contributed by atoms with Gasteiger partial charge >= 0.3 is 0 Å². The minimum atomic E-state index is -1.27. The number of hydrogen-bond acceptors (Lipinski definition) is 5. The van der Waals surface area contributed by atoms with Gasteiger partial charge in [-0.1, -0.05) is 84.4 Å². The zero-order valence-electron chi connectivity index (χ0n) is 21.0. The first kappa shape index (κ1) is 25.1. The Labute approximate surface area is 222 Å². The SMILES string of the molecule is CC(C)N1CCN2C(Cc3ccccc3-c3ccccc3Cl)=NC(O)C(OCc3ccccc3)=C2C1=O. The van der Waals surface area contributed by atoms with Gasteiger partial charge in [-0.3, -0.25) is 4.79 Å². The molecule has 190 valence electrons. The van der Waals surface area contributed by atoms with Crippen molar-refractivity contribution in [1.29, 1.82) is 0 Å². The minimum absolute atomic E-state index is 0.0259. The third kappa shape index (κ3) is 5.13. The lowest BCUT2D eigenvalue weighted by molar-refractivity contribution is -0.133. The Bertz CT molecular complexity index is 1350. The summed E-state index contributed by atoms with van der Waals surface area (Å²) in [5, 5.41) is 11.8. The van der Waals surface area contributed by atoms with E-state index in [0.29, 0.717) is 36.1 Å². The molecule has 2 heterocycles. The van der Waals surface area contributed by atoms with Crippen LogP contribution in [0, 0.1) is 0 Å². The second-order valence-corrected chi connectivity index (χ2v) is 9.87. The Hall–Kier alpha value is -3.61. The first-order valence-electron chi connectivity index (χ1n) is 12.5. The number of aliphatic hydroxyl groups is 1. The van der Waals surface area contributed by atoms with Gasteiger partial charge in [-0.15, -0.1) is 0 Å². The number of carbonyl (C=O) groups excluding carboxylic acids is 1. The number of aliphatic imine (C=N–C) groups is 1. The van der Waals surface area contributed by atoms with Crippen LogP contribution in [0.2, 0.25) is 5.02 Å². The maximum atomic E-state index is 13.7. The predicted octanol–water partition coefficient (Wildman–Crippen LogP) is 5.26. The number of hydrogen-bond donors (Lipinski definition) is 1. The fraction of sp³-hybridized carbons (Fsp3) is 0.267. The summed E-state index contributed by atoms with van der Waals surface area (Å²) < 4.78 is 6.07. The second kappa shape index (κ2) is 10.8. The van der Waals surface area contributed by atoms with Gasteiger partial charge in [0, 0.05) is 36.1 Å². The minimum Gasteiger partial charge on any atom is -0.486 e. The van der Waals surface area contributed by atoms with Crippen LogP contribution in [0.4, 0.5) is 0 Å². The number of benzene rings is 3. The average Bonchev–Trinajstić information content (AvgIpc) is 2.90. The van der Waals surface area contributed by atoms with Gasteiger partial charge in [-0.05, 0) is 36.6 Å². The van der Waals surface area contributed by atoms with E-state index < -0.39 is 6.23 Å². The zero-order valence-corrected chi connectivity index (χ0v) is 21.7. The molecule has 1 atom stereocenters. The molecule has 37 heavy (non-hydrogen) atoms. The molecule has 1 unspecified atom stereocenters. The van der Waals surface area contributed by atoms with Crippen molar-refractivity contribution in [2.24, 2.45) is 4.99 Å². The number of piperazine rings is 1. The molecule has 3 aromatic rings. The van der Waals surface area contributed by atoms with E-state index in [1.54, 1.807) is 0 Å². The number of aliphatic hydroxyl groups excluding tert-OH is 1. The molecule has 1 fully saturated rings. The smallest absolute Gasteiger partial charge is 0.274 e. The van der Waals surface area contributed by atoms with Crippen LogP contribution in [0.1, 0.15) is 25.0 Å². The van der Waals surface area contributed by atoms with Gasteiger partial charge in [-0.2, -0.15) is 0 Å². The fourth-order valence-corrected chi connectivity index (χ4v) is 5.10. The number of rotatable bonds is 7. The zero-order chi connectivity index (χ0) is 25.9. The van der Waals surface area contributed by atoms with Gasteiger partial charge in [0.25, 0.3) is 5.91 Å². The first-order chi connectivity index (χ1) is 17.9. The molecule has 5 rings (SSSR count). The topological polar surface area (TPSA) is 65.4 Å². The molecular formula is C30H30ClN3O3. The number of ether oxygens (including phenoxy) is 1. The summed E-state index contributed by atoms with van der Waals surface area (Å²) >= 11 is 6.52. The van der Waals surface area contributed by atoms with Gasteiger partial charge in [0.05, 0.1) is 0 Å². The van der Waals surface area contributed by atoms with Gasteiger partial charge in [0.1, 0.15) is 12.4 Å². The van der Waals surface area contributed by atoms with Crippen molar-refractivity contribution in [3.63, 3.8) is 0 Å². The van der Waals surface area contributed by atoms with E-state index in [0.717, 1.165) is 22.3 Å². The first-order valence-corrected chi connectivity index (χ1v) is 12.9. The van der Waals surface area contributed by atoms with E-state index in [1.807, 2.05) is 103 Å². The van der Waals surface area contributed by atoms with Crippen molar-refractivity contribution >= 4 is 23.3 Å². The van der Waals surface area contributed by atoms with Crippen LogP contribution in [0.5, 0.6) is 0 Å². The van der Waals surface area contributed by atoms with E-state index in [-0.39, 0.29) is 24.3 Å². The molecule has 1 N–H and O–H groups in total. The molecule has 0 saturated carbocycles. The van der Waals surface area contributed by atoms with Gasteiger partial charge < -0.3 is 19.6 Å². The number of nitrogens with zero attached hydrogens (tertiary/aromatic N) is 3. The largest absolute Gasteiger partial charge is 0.486 e.